The van der Waals surface area contributed by atoms with E-state index in [0.29, 0.717) is 23.7 Å². The first-order valence-corrected chi connectivity index (χ1v) is 8.59. The fourth-order valence-corrected chi connectivity index (χ4v) is 3.83. The van der Waals surface area contributed by atoms with Crippen molar-refractivity contribution in [1.29, 1.82) is 0 Å². The van der Waals surface area contributed by atoms with E-state index in [1.807, 2.05) is 0 Å². The number of amides is 2. The normalized spacial score (nSPS) is 16.7. The molecule has 24 heavy (non-hydrogen) atoms. The summed E-state index contributed by atoms with van der Waals surface area (Å²) < 4.78 is 0. The molecule has 2 aromatic heterocycles. The lowest BCUT2D eigenvalue weighted by molar-refractivity contribution is 0.0669. The van der Waals surface area contributed by atoms with E-state index in [4.69, 9.17) is 0 Å². The fourth-order valence-electron chi connectivity index (χ4n) is 2.77. The molecule has 8 heteroatoms. The van der Waals surface area contributed by atoms with E-state index in [1.165, 1.54) is 23.7 Å². The van der Waals surface area contributed by atoms with Crippen molar-refractivity contribution in [1.82, 2.24) is 25.2 Å². The van der Waals surface area contributed by atoms with Crippen LogP contribution in [0.3, 0.4) is 0 Å². The average Bonchev–Trinajstić information content (AvgIpc) is 3.13. The second-order valence-corrected chi connectivity index (χ2v) is 7.08. The van der Waals surface area contributed by atoms with E-state index in [9.17, 15) is 9.59 Å². The van der Waals surface area contributed by atoms with Gasteiger partial charge in [-0.25, -0.2) is 9.97 Å². The zero-order chi connectivity index (χ0) is 17.2. The highest BCUT2D eigenvalue weighted by atomic mass is 32.1. The Hall–Kier alpha value is -2.35. The van der Waals surface area contributed by atoms with Gasteiger partial charge in [0.1, 0.15) is 10.6 Å². The second-order valence-electron chi connectivity index (χ2n) is 6.05. The lowest BCUT2D eigenvalue weighted by atomic mass is 9.81. The van der Waals surface area contributed by atoms with Gasteiger partial charge in [-0.2, -0.15) is 0 Å². The van der Waals surface area contributed by atoms with E-state index in [2.05, 4.69) is 27.2 Å². The van der Waals surface area contributed by atoms with Crippen molar-refractivity contribution in [2.24, 2.45) is 0 Å². The minimum absolute atomic E-state index is 0.0876. The van der Waals surface area contributed by atoms with Crippen molar-refractivity contribution in [3.8, 4) is 0 Å². The SMILES string of the molecule is CNC(=O)c1cnc(C2(C)CCN(C(=O)c3cnccn3)CC2)s1. The third-order valence-electron chi connectivity index (χ3n) is 4.41. The van der Waals surface area contributed by atoms with Crippen LogP contribution >= 0.6 is 11.3 Å². The molecule has 3 heterocycles. The summed E-state index contributed by atoms with van der Waals surface area (Å²) in [5.74, 6) is -0.201. The Bertz CT molecular complexity index is 738. The van der Waals surface area contributed by atoms with Crippen LogP contribution < -0.4 is 5.32 Å². The summed E-state index contributed by atoms with van der Waals surface area (Å²) in [5, 5.41) is 3.57. The largest absolute Gasteiger partial charge is 0.354 e. The van der Waals surface area contributed by atoms with Crippen molar-refractivity contribution in [2.75, 3.05) is 20.1 Å². The maximum absolute atomic E-state index is 12.4. The highest BCUT2D eigenvalue weighted by Gasteiger charge is 2.36. The first kappa shape index (κ1) is 16.5. The summed E-state index contributed by atoms with van der Waals surface area (Å²) >= 11 is 1.43. The number of thiazole rings is 1. The third kappa shape index (κ3) is 3.14. The molecule has 1 aliphatic heterocycles. The zero-order valence-corrected chi connectivity index (χ0v) is 14.5. The van der Waals surface area contributed by atoms with Crippen LogP contribution in [0.2, 0.25) is 0 Å². The summed E-state index contributed by atoms with van der Waals surface area (Å²) in [4.78, 5) is 39.0. The fraction of sp³-hybridized carbons (Fsp3) is 0.438. The molecule has 1 aliphatic rings. The zero-order valence-electron chi connectivity index (χ0n) is 13.7. The van der Waals surface area contributed by atoms with Crippen LogP contribution in [0, 0.1) is 0 Å². The van der Waals surface area contributed by atoms with Crippen molar-refractivity contribution < 1.29 is 9.59 Å². The van der Waals surface area contributed by atoms with Gasteiger partial charge in [0.25, 0.3) is 11.8 Å². The number of piperidine rings is 1. The second kappa shape index (κ2) is 6.64. The Labute approximate surface area is 144 Å². The summed E-state index contributed by atoms with van der Waals surface area (Å²) in [7, 11) is 1.61. The lowest BCUT2D eigenvalue weighted by Gasteiger charge is -2.38. The topological polar surface area (TPSA) is 88.1 Å². The van der Waals surface area contributed by atoms with Crippen LogP contribution in [0.1, 0.15) is 44.9 Å². The molecule has 1 N–H and O–H groups in total. The Morgan fingerprint density at radius 3 is 2.58 bits per heavy atom. The molecular weight excluding hydrogens is 326 g/mol. The first-order chi connectivity index (χ1) is 11.5. The number of rotatable bonds is 3. The Morgan fingerprint density at radius 2 is 1.96 bits per heavy atom. The van der Waals surface area contributed by atoms with Crippen molar-refractivity contribution >= 4 is 23.2 Å². The molecule has 3 rings (SSSR count). The van der Waals surface area contributed by atoms with Gasteiger partial charge in [-0.05, 0) is 12.8 Å². The van der Waals surface area contributed by atoms with Crippen molar-refractivity contribution in [3.63, 3.8) is 0 Å². The smallest absolute Gasteiger partial charge is 0.274 e. The number of carbonyl (C=O) groups excluding carboxylic acids is 2. The highest BCUT2D eigenvalue weighted by Crippen LogP contribution is 2.37. The molecule has 0 unspecified atom stereocenters. The summed E-state index contributed by atoms with van der Waals surface area (Å²) in [6, 6.07) is 0. The van der Waals surface area contributed by atoms with E-state index >= 15 is 0 Å². The van der Waals surface area contributed by atoms with Gasteiger partial charge in [0, 0.05) is 37.9 Å². The van der Waals surface area contributed by atoms with Crippen LogP contribution in [0.25, 0.3) is 0 Å². The van der Waals surface area contributed by atoms with Gasteiger partial charge >= 0.3 is 0 Å². The Morgan fingerprint density at radius 1 is 1.21 bits per heavy atom. The highest BCUT2D eigenvalue weighted by molar-refractivity contribution is 7.13. The van der Waals surface area contributed by atoms with Crippen molar-refractivity contribution in [2.45, 2.75) is 25.2 Å². The molecule has 0 saturated carbocycles. The minimum Gasteiger partial charge on any atom is -0.354 e. The molecule has 1 saturated heterocycles. The molecule has 0 aromatic carbocycles. The predicted molar refractivity (Wildman–Crippen MR) is 90.0 cm³/mol. The average molecular weight is 345 g/mol. The number of nitrogens with one attached hydrogen (secondary N) is 1. The van der Waals surface area contributed by atoms with Gasteiger partial charge in [0.2, 0.25) is 0 Å². The van der Waals surface area contributed by atoms with Crippen LogP contribution in [-0.2, 0) is 5.41 Å². The van der Waals surface area contributed by atoms with Crippen LogP contribution in [0.15, 0.2) is 24.8 Å². The van der Waals surface area contributed by atoms with E-state index in [0.717, 1.165) is 17.8 Å². The maximum atomic E-state index is 12.4. The van der Waals surface area contributed by atoms with E-state index < -0.39 is 0 Å². The third-order valence-corrected chi connectivity index (χ3v) is 5.71. The standard InChI is InChI=1S/C16H19N5O2S/c1-16(15-20-10-12(24-15)13(22)17-2)3-7-21(8-4-16)14(23)11-9-18-5-6-19-11/h5-6,9-10H,3-4,7-8H2,1-2H3,(H,17,22). The van der Waals surface area contributed by atoms with E-state index in [-0.39, 0.29) is 17.2 Å². The molecule has 7 nitrogen and oxygen atoms in total. The quantitative estimate of drug-likeness (QED) is 0.910. The molecule has 2 aromatic rings. The van der Waals surface area contributed by atoms with Gasteiger partial charge in [0.05, 0.1) is 17.4 Å². The van der Waals surface area contributed by atoms with Crippen LogP contribution in [0.4, 0.5) is 0 Å². The van der Waals surface area contributed by atoms with Gasteiger partial charge < -0.3 is 10.2 Å². The summed E-state index contributed by atoms with van der Waals surface area (Å²) in [5.41, 5.74) is 0.257. The van der Waals surface area contributed by atoms with E-state index in [1.54, 1.807) is 24.3 Å². The molecule has 0 bridgehead atoms. The summed E-state index contributed by atoms with van der Waals surface area (Å²) in [6.07, 6.45) is 7.81. The van der Waals surface area contributed by atoms with Gasteiger partial charge in [-0.15, -0.1) is 11.3 Å². The maximum Gasteiger partial charge on any atom is 0.274 e. The molecule has 1 fully saturated rings. The molecular formula is C16H19N5O2S. The van der Waals surface area contributed by atoms with Crippen LogP contribution in [0.5, 0.6) is 0 Å². The number of hydrogen-bond acceptors (Lipinski definition) is 6. The van der Waals surface area contributed by atoms with Crippen LogP contribution in [-0.4, -0.2) is 51.8 Å². The molecule has 0 spiro atoms. The Kier molecular flexibility index (Phi) is 4.57. The van der Waals surface area contributed by atoms with Gasteiger partial charge in [0.15, 0.2) is 0 Å². The van der Waals surface area contributed by atoms with Gasteiger partial charge in [-0.1, -0.05) is 6.92 Å². The monoisotopic (exact) mass is 345 g/mol. The number of hydrogen-bond donors (Lipinski definition) is 1. The number of nitrogens with zero attached hydrogens (tertiary/aromatic N) is 4. The predicted octanol–water partition coefficient (Wildman–Crippen LogP) is 1.49. The number of likely N-dealkylation sites (tertiary alicyclic amines) is 1. The molecule has 126 valence electrons. The molecule has 0 radical (unpaired) electrons. The number of carbonyl (C=O) groups is 2. The minimum atomic E-state index is -0.115. The Balaban J connectivity index is 1.68. The van der Waals surface area contributed by atoms with Gasteiger partial charge in [-0.3, -0.25) is 14.6 Å². The van der Waals surface area contributed by atoms with Crippen molar-refractivity contribution in [3.05, 3.63) is 40.4 Å². The molecule has 0 aliphatic carbocycles. The summed E-state index contributed by atoms with van der Waals surface area (Å²) in [6.45, 7) is 3.42. The first-order valence-electron chi connectivity index (χ1n) is 7.77. The molecule has 0 atom stereocenters. The molecule has 2 amide bonds. The lowest BCUT2D eigenvalue weighted by Crippen LogP contribution is -2.44. The number of aromatic nitrogens is 3.